The van der Waals surface area contributed by atoms with E-state index in [1.807, 2.05) is 0 Å². The number of unbranched alkanes of at least 4 members (excludes halogenated alkanes) is 1. The zero-order valence-electron chi connectivity index (χ0n) is 13.3. The molecule has 0 aromatic heterocycles. The monoisotopic (exact) mass is 304 g/mol. The molecule has 5 heteroatoms. The lowest BCUT2D eigenvalue weighted by Crippen LogP contribution is -2.39. The molecule has 2 N–H and O–H groups in total. The summed E-state index contributed by atoms with van der Waals surface area (Å²) in [6.45, 7) is 7.32. The lowest BCUT2D eigenvalue weighted by Gasteiger charge is -2.28. The lowest BCUT2D eigenvalue weighted by atomic mass is 9.85. The second-order valence-electron chi connectivity index (χ2n) is 6.38. The van der Waals surface area contributed by atoms with Crippen LogP contribution in [0.15, 0.2) is 0 Å². The predicted octanol–water partition coefficient (Wildman–Crippen LogP) is 2.65. The molecule has 0 aromatic carbocycles. The Morgan fingerprint density at radius 1 is 1.10 bits per heavy atom. The maximum Gasteiger partial charge on any atom is 0.211 e. The molecule has 0 aliphatic heterocycles. The minimum absolute atomic E-state index is 0.177. The maximum atomic E-state index is 12.0. The third-order valence-corrected chi connectivity index (χ3v) is 5.68. The molecule has 0 atom stereocenters. The molecule has 0 saturated heterocycles. The largest absolute Gasteiger partial charge is 0.315 e. The summed E-state index contributed by atoms with van der Waals surface area (Å²) in [6.07, 6.45) is 7.23. The first-order chi connectivity index (χ1) is 9.43. The van der Waals surface area contributed by atoms with Gasteiger partial charge in [-0.1, -0.05) is 27.2 Å². The van der Waals surface area contributed by atoms with Gasteiger partial charge in [-0.25, -0.2) is 13.1 Å². The smallest absolute Gasteiger partial charge is 0.211 e. The highest BCUT2D eigenvalue weighted by atomic mass is 32.2. The van der Waals surface area contributed by atoms with E-state index in [1.54, 1.807) is 0 Å². The first kappa shape index (κ1) is 17.9. The molecule has 1 aliphatic carbocycles. The quantitative estimate of drug-likeness (QED) is 0.644. The van der Waals surface area contributed by atoms with Crippen LogP contribution in [0, 0.1) is 5.92 Å². The molecular formula is C15H32N2O2S. The van der Waals surface area contributed by atoms with E-state index < -0.39 is 10.0 Å². The zero-order valence-corrected chi connectivity index (χ0v) is 14.1. The van der Waals surface area contributed by atoms with Gasteiger partial charge in [0, 0.05) is 12.1 Å². The Morgan fingerprint density at radius 2 is 1.75 bits per heavy atom. The topological polar surface area (TPSA) is 58.2 Å². The number of hydrogen-bond donors (Lipinski definition) is 2. The Morgan fingerprint density at radius 3 is 2.30 bits per heavy atom. The Kier molecular flexibility index (Phi) is 8.07. The maximum absolute atomic E-state index is 12.0. The molecule has 0 radical (unpaired) electrons. The average Bonchev–Trinajstić information content (AvgIpc) is 2.38. The van der Waals surface area contributed by atoms with Crippen molar-refractivity contribution in [3.05, 3.63) is 0 Å². The van der Waals surface area contributed by atoms with Crippen LogP contribution < -0.4 is 10.0 Å². The minimum Gasteiger partial charge on any atom is -0.315 e. The first-order valence-electron chi connectivity index (χ1n) is 8.16. The molecule has 0 bridgehead atoms. The van der Waals surface area contributed by atoms with Crippen LogP contribution in [0.4, 0.5) is 0 Å². The van der Waals surface area contributed by atoms with Crippen molar-refractivity contribution in [3.8, 4) is 0 Å². The van der Waals surface area contributed by atoms with Crippen LogP contribution in [0.1, 0.15) is 65.7 Å². The summed E-state index contributed by atoms with van der Waals surface area (Å²) in [5.41, 5.74) is 0. The Balaban J connectivity index is 2.18. The van der Waals surface area contributed by atoms with E-state index in [2.05, 4.69) is 30.8 Å². The van der Waals surface area contributed by atoms with Crippen LogP contribution in [-0.2, 0) is 10.0 Å². The van der Waals surface area contributed by atoms with Crippen LogP contribution >= 0.6 is 0 Å². The molecule has 20 heavy (non-hydrogen) atoms. The summed E-state index contributed by atoms with van der Waals surface area (Å²) in [5, 5.41) is 3.31. The molecule has 1 aliphatic rings. The number of hydrogen-bond acceptors (Lipinski definition) is 3. The van der Waals surface area contributed by atoms with E-state index in [1.165, 1.54) is 19.3 Å². The molecule has 0 amide bonds. The molecule has 1 saturated carbocycles. The van der Waals surface area contributed by atoms with Gasteiger partial charge < -0.3 is 5.32 Å². The van der Waals surface area contributed by atoms with Crippen LogP contribution in [-0.4, -0.2) is 32.8 Å². The van der Waals surface area contributed by atoms with Crippen LogP contribution in [0.25, 0.3) is 0 Å². The number of rotatable bonds is 9. The second kappa shape index (κ2) is 9.00. The van der Waals surface area contributed by atoms with E-state index >= 15 is 0 Å². The van der Waals surface area contributed by atoms with Crippen molar-refractivity contribution < 1.29 is 8.42 Å². The molecule has 0 spiro atoms. The summed E-state index contributed by atoms with van der Waals surface area (Å²) in [5.74, 6) is 1.07. The van der Waals surface area contributed by atoms with Crippen LogP contribution in [0.2, 0.25) is 0 Å². The normalized spacial score (nSPS) is 24.2. The first-order valence-corrected chi connectivity index (χ1v) is 9.81. The average molecular weight is 305 g/mol. The number of sulfonamides is 1. The lowest BCUT2D eigenvalue weighted by molar-refractivity contribution is 0.306. The third-order valence-electron chi connectivity index (χ3n) is 4.16. The second-order valence-corrected chi connectivity index (χ2v) is 8.25. The van der Waals surface area contributed by atoms with Crippen molar-refractivity contribution >= 4 is 10.0 Å². The standard InChI is InChI=1S/C15H32N2O2S/c1-4-14-7-9-15(10-8-14)17-20(18,19)12-6-5-11-16-13(2)3/h13-17H,4-12H2,1-3H3. The van der Waals surface area contributed by atoms with Crippen LogP contribution in [0.5, 0.6) is 0 Å². The Labute approximate surface area is 125 Å². The fraction of sp³-hybridized carbons (Fsp3) is 1.00. The van der Waals surface area contributed by atoms with Crippen molar-refractivity contribution in [2.45, 2.75) is 77.8 Å². The molecular weight excluding hydrogens is 272 g/mol. The van der Waals surface area contributed by atoms with E-state index in [0.717, 1.165) is 38.1 Å². The highest BCUT2D eigenvalue weighted by molar-refractivity contribution is 7.89. The van der Waals surface area contributed by atoms with Gasteiger partial charge in [-0.2, -0.15) is 0 Å². The van der Waals surface area contributed by atoms with Crippen molar-refractivity contribution in [1.82, 2.24) is 10.0 Å². The van der Waals surface area contributed by atoms with Gasteiger partial charge in [-0.3, -0.25) is 0 Å². The highest BCUT2D eigenvalue weighted by Crippen LogP contribution is 2.26. The molecule has 0 unspecified atom stereocenters. The Bertz CT molecular complexity index is 347. The van der Waals surface area contributed by atoms with Gasteiger partial charge in [0.05, 0.1) is 5.75 Å². The summed E-state index contributed by atoms with van der Waals surface area (Å²) >= 11 is 0. The molecule has 0 aromatic rings. The number of nitrogens with one attached hydrogen (secondary N) is 2. The van der Waals surface area contributed by atoms with E-state index in [9.17, 15) is 8.42 Å². The highest BCUT2D eigenvalue weighted by Gasteiger charge is 2.23. The van der Waals surface area contributed by atoms with Crippen molar-refractivity contribution in [2.24, 2.45) is 5.92 Å². The summed E-state index contributed by atoms with van der Waals surface area (Å²) in [7, 11) is -3.08. The predicted molar refractivity (Wildman–Crippen MR) is 85.3 cm³/mol. The molecule has 120 valence electrons. The van der Waals surface area contributed by atoms with Crippen LogP contribution in [0.3, 0.4) is 0 Å². The van der Waals surface area contributed by atoms with E-state index in [-0.39, 0.29) is 11.8 Å². The Hall–Kier alpha value is -0.130. The fourth-order valence-corrected chi connectivity index (χ4v) is 4.25. The molecule has 0 heterocycles. The zero-order chi connectivity index (χ0) is 15.0. The SMILES string of the molecule is CCC1CCC(NS(=O)(=O)CCCCNC(C)C)CC1. The van der Waals surface area contributed by atoms with Gasteiger partial charge in [0.2, 0.25) is 10.0 Å². The van der Waals surface area contributed by atoms with Gasteiger partial charge in [0.1, 0.15) is 0 Å². The fourth-order valence-electron chi connectivity index (χ4n) is 2.81. The van der Waals surface area contributed by atoms with E-state index in [0.29, 0.717) is 6.04 Å². The van der Waals surface area contributed by atoms with Gasteiger partial charge in [0.15, 0.2) is 0 Å². The molecule has 1 fully saturated rings. The van der Waals surface area contributed by atoms with Gasteiger partial charge >= 0.3 is 0 Å². The molecule has 4 nitrogen and oxygen atoms in total. The summed E-state index contributed by atoms with van der Waals surface area (Å²) < 4.78 is 26.9. The van der Waals surface area contributed by atoms with Crippen molar-refractivity contribution in [2.75, 3.05) is 12.3 Å². The van der Waals surface area contributed by atoms with Gasteiger partial charge in [0.25, 0.3) is 0 Å². The van der Waals surface area contributed by atoms with Gasteiger partial charge in [-0.15, -0.1) is 0 Å². The van der Waals surface area contributed by atoms with Crippen molar-refractivity contribution in [3.63, 3.8) is 0 Å². The summed E-state index contributed by atoms with van der Waals surface area (Å²) in [4.78, 5) is 0. The van der Waals surface area contributed by atoms with Gasteiger partial charge in [-0.05, 0) is 51.0 Å². The van der Waals surface area contributed by atoms with E-state index in [4.69, 9.17) is 0 Å². The minimum atomic E-state index is -3.08. The van der Waals surface area contributed by atoms with Crippen molar-refractivity contribution in [1.29, 1.82) is 0 Å². The third kappa shape index (κ3) is 7.60. The molecule has 1 rings (SSSR count). The summed E-state index contributed by atoms with van der Waals surface area (Å²) in [6, 6.07) is 0.648.